The number of carbonyl (C=O) groups excluding carboxylic acids is 1. The molecular weight excluding hydrogens is 254 g/mol. The van der Waals surface area contributed by atoms with E-state index in [9.17, 15) is 18.7 Å². The van der Waals surface area contributed by atoms with Gasteiger partial charge in [-0.3, -0.25) is 4.79 Å². The molecule has 0 saturated carbocycles. The van der Waals surface area contributed by atoms with Gasteiger partial charge in [0.15, 0.2) is 11.6 Å². The zero-order valence-corrected chi connectivity index (χ0v) is 11.2. The molecule has 1 aromatic carbocycles. The Balaban J connectivity index is 2.84. The normalized spacial score (nSPS) is 13.2. The molecule has 106 valence electrons. The van der Waals surface area contributed by atoms with E-state index in [-0.39, 0.29) is 12.0 Å². The van der Waals surface area contributed by atoms with Gasteiger partial charge in [-0.25, -0.2) is 8.78 Å². The van der Waals surface area contributed by atoms with E-state index in [0.717, 1.165) is 6.07 Å². The van der Waals surface area contributed by atoms with Crippen LogP contribution in [0.5, 0.6) is 0 Å². The van der Waals surface area contributed by atoms with Crippen LogP contribution in [0.4, 0.5) is 8.78 Å². The third-order valence-electron chi connectivity index (χ3n) is 2.47. The first-order chi connectivity index (χ1) is 8.74. The van der Waals surface area contributed by atoms with Crippen molar-refractivity contribution in [3.8, 4) is 0 Å². The minimum absolute atomic E-state index is 0.0200. The summed E-state index contributed by atoms with van der Waals surface area (Å²) in [6.07, 6.45) is -0.200. The Morgan fingerprint density at radius 2 is 2.00 bits per heavy atom. The Morgan fingerprint density at radius 3 is 2.53 bits per heavy atom. The fourth-order valence-electron chi connectivity index (χ4n) is 1.69. The molecule has 0 aromatic heterocycles. The second-order valence-electron chi connectivity index (χ2n) is 5.31. The van der Waals surface area contributed by atoms with Crippen molar-refractivity contribution >= 4 is 5.97 Å². The van der Waals surface area contributed by atoms with Gasteiger partial charge >= 0.3 is 5.97 Å². The second-order valence-corrected chi connectivity index (χ2v) is 5.31. The topological polar surface area (TPSA) is 46.5 Å². The van der Waals surface area contributed by atoms with Crippen molar-refractivity contribution in [1.82, 2.24) is 0 Å². The number of hydrogen-bond donors (Lipinski definition) is 1. The van der Waals surface area contributed by atoms with Crippen LogP contribution in [0.15, 0.2) is 18.2 Å². The van der Waals surface area contributed by atoms with E-state index < -0.39 is 35.7 Å². The quantitative estimate of drug-likeness (QED) is 0.857. The van der Waals surface area contributed by atoms with Crippen molar-refractivity contribution in [3.63, 3.8) is 0 Å². The van der Waals surface area contributed by atoms with Crippen LogP contribution in [-0.2, 0) is 9.53 Å². The van der Waals surface area contributed by atoms with Gasteiger partial charge in [0.2, 0.25) is 0 Å². The molecule has 1 aromatic rings. The van der Waals surface area contributed by atoms with Crippen molar-refractivity contribution in [3.05, 3.63) is 35.4 Å². The zero-order chi connectivity index (χ0) is 14.6. The van der Waals surface area contributed by atoms with E-state index in [2.05, 4.69) is 0 Å². The number of carbonyl (C=O) groups is 1. The fourth-order valence-corrected chi connectivity index (χ4v) is 1.69. The third kappa shape index (κ3) is 4.59. The van der Waals surface area contributed by atoms with Crippen LogP contribution in [0.25, 0.3) is 0 Å². The number of benzene rings is 1. The first-order valence-electron chi connectivity index (χ1n) is 6.01. The first kappa shape index (κ1) is 15.6. The van der Waals surface area contributed by atoms with Crippen molar-refractivity contribution in [2.24, 2.45) is 0 Å². The highest BCUT2D eigenvalue weighted by Crippen LogP contribution is 2.25. The molecule has 3 nitrogen and oxygen atoms in total. The van der Waals surface area contributed by atoms with Crippen molar-refractivity contribution in [2.45, 2.75) is 38.7 Å². The molecule has 0 bridgehead atoms. The maximum atomic E-state index is 13.6. The SMILES string of the molecule is CC(C)(C)OC(=O)CC(CO)c1cccc(F)c1F. The van der Waals surface area contributed by atoms with Crippen LogP contribution >= 0.6 is 0 Å². The lowest BCUT2D eigenvalue weighted by Crippen LogP contribution is -2.25. The molecule has 1 rings (SSSR count). The summed E-state index contributed by atoms with van der Waals surface area (Å²) in [4.78, 5) is 11.6. The Morgan fingerprint density at radius 1 is 1.37 bits per heavy atom. The largest absolute Gasteiger partial charge is 0.460 e. The lowest BCUT2D eigenvalue weighted by atomic mass is 9.96. The molecule has 0 amide bonds. The summed E-state index contributed by atoms with van der Waals surface area (Å²) in [6.45, 7) is 4.67. The average Bonchev–Trinajstić information content (AvgIpc) is 2.27. The molecule has 1 atom stereocenters. The Labute approximate surface area is 111 Å². The van der Waals surface area contributed by atoms with Crippen LogP contribution in [0.2, 0.25) is 0 Å². The third-order valence-corrected chi connectivity index (χ3v) is 2.47. The molecule has 19 heavy (non-hydrogen) atoms. The molecule has 0 aliphatic heterocycles. The molecular formula is C14H18F2O3. The molecule has 0 aliphatic carbocycles. The fraction of sp³-hybridized carbons (Fsp3) is 0.500. The zero-order valence-electron chi connectivity index (χ0n) is 11.2. The number of hydrogen-bond acceptors (Lipinski definition) is 3. The van der Waals surface area contributed by atoms with E-state index in [1.807, 2.05) is 0 Å². The minimum Gasteiger partial charge on any atom is -0.460 e. The van der Waals surface area contributed by atoms with Gasteiger partial charge in [0.25, 0.3) is 0 Å². The van der Waals surface area contributed by atoms with Crippen LogP contribution in [-0.4, -0.2) is 23.3 Å². The molecule has 0 aliphatic rings. The molecule has 5 heteroatoms. The highest BCUT2D eigenvalue weighted by atomic mass is 19.2. The van der Waals surface area contributed by atoms with E-state index >= 15 is 0 Å². The van der Waals surface area contributed by atoms with E-state index in [1.54, 1.807) is 20.8 Å². The van der Waals surface area contributed by atoms with Crippen molar-refractivity contribution < 1.29 is 23.4 Å². The molecule has 1 N–H and O–H groups in total. The Hall–Kier alpha value is -1.49. The lowest BCUT2D eigenvalue weighted by molar-refractivity contribution is -0.155. The predicted octanol–water partition coefficient (Wildman–Crippen LogP) is 2.77. The van der Waals surface area contributed by atoms with Gasteiger partial charge in [-0.15, -0.1) is 0 Å². The van der Waals surface area contributed by atoms with Crippen molar-refractivity contribution in [2.75, 3.05) is 6.61 Å². The number of aliphatic hydroxyl groups is 1. The summed E-state index contributed by atoms with van der Waals surface area (Å²) in [5.74, 6) is -3.41. The number of halogens is 2. The van der Waals surface area contributed by atoms with Crippen LogP contribution < -0.4 is 0 Å². The monoisotopic (exact) mass is 272 g/mol. The molecule has 0 saturated heterocycles. The average molecular weight is 272 g/mol. The van der Waals surface area contributed by atoms with Gasteiger partial charge in [-0.2, -0.15) is 0 Å². The Bertz CT molecular complexity index is 452. The van der Waals surface area contributed by atoms with E-state index in [4.69, 9.17) is 4.74 Å². The molecule has 1 unspecified atom stereocenters. The second kappa shape index (κ2) is 6.10. The summed E-state index contributed by atoms with van der Waals surface area (Å²) >= 11 is 0. The van der Waals surface area contributed by atoms with Crippen LogP contribution in [0.3, 0.4) is 0 Å². The summed E-state index contributed by atoms with van der Waals surface area (Å²) < 4.78 is 31.8. The van der Waals surface area contributed by atoms with Crippen molar-refractivity contribution in [1.29, 1.82) is 0 Å². The molecule has 0 radical (unpaired) electrons. The van der Waals surface area contributed by atoms with E-state index in [1.165, 1.54) is 12.1 Å². The maximum absolute atomic E-state index is 13.6. The number of esters is 1. The number of rotatable bonds is 4. The lowest BCUT2D eigenvalue weighted by Gasteiger charge is -2.22. The van der Waals surface area contributed by atoms with Gasteiger partial charge in [0.05, 0.1) is 13.0 Å². The summed E-state index contributed by atoms with van der Waals surface area (Å²) in [5, 5.41) is 9.25. The molecule has 0 heterocycles. The van der Waals surface area contributed by atoms with E-state index in [0.29, 0.717) is 0 Å². The maximum Gasteiger partial charge on any atom is 0.307 e. The Kier molecular flexibility index (Phi) is 5.00. The van der Waals surface area contributed by atoms with Gasteiger partial charge in [0.1, 0.15) is 5.60 Å². The first-order valence-corrected chi connectivity index (χ1v) is 6.01. The van der Waals surface area contributed by atoms with Gasteiger partial charge < -0.3 is 9.84 Å². The van der Waals surface area contributed by atoms with Crippen LogP contribution in [0.1, 0.15) is 38.7 Å². The smallest absolute Gasteiger partial charge is 0.307 e. The summed E-state index contributed by atoms with van der Waals surface area (Å²) in [6, 6.07) is 3.68. The van der Waals surface area contributed by atoms with Gasteiger partial charge in [-0.05, 0) is 32.4 Å². The molecule has 0 fully saturated rings. The standard InChI is InChI=1S/C14H18F2O3/c1-14(2,3)19-12(18)7-9(8-17)10-5-4-6-11(15)13(10)16/h4-6,9,17H,7-8H2,1-3H3. The summed E-state index contributed by atoms with van der Waals surface area (Å²) in [7, 11) is 0. The van der Waals surface area contributed by atoms with Crippen LogP contribution in [0, 0.1) is 11.6 Å². The van der Waals surface area contributed by atoms with Gasteiger partial charge in [-0.1, -0.05) is 12.1 Å². The molecule has 0 spiro atoms. The highest BCUT2D eigenvalue weighted by molar-refractivity contribution is 5.71. The predicted molar refractivity (Wildman–Crippen MR) is 66.6 cm³/mol. The van der Waals surface area contributed by atoms with Gasteiger partial charge in [0, 0.05) is 5.92 Å². The number of aliphatic hydroxyl groups excluding tert-OH is 1. The number of ether oxygens (including phenoxy) is 1. The minimum atomic E-state index is -1.04. The highest BCUT2D eigenvalue weighted by Gasteiger charge is 2.24. The summed E-state index contributed by atoms with van der Waals surface area (Å²) in [5.41, 5.74) is -0.675.